The molecule has 82 valence electrons. The van der Waals surface area contributed by atoms with Gasteiger partial charge in [-0.25, -0.2) is 0 Å². The van der Waals surface area contributed by atoms with Crippen LogP contribution in [0.2, 0.25) is 0 Å². The molecule has 1 atom stereocenters. The van der Waals surface area contributed by atoms with Crippen molar-refractivity contribution in [2.24, 2.45) is 0 Å². The standard InChI is InChI=1S/C12H23NO/c1-2-4-12(9-13-10-7-8-10)14-11-5-3-6-11/h10-13H,2-9H2,1H3. The fourth-order valence-corrected chi connectivity index (χ4v) is 1.90. The van der Waals surface area contributed by atoms with E-state index in [0.29, 0.717) is 12.2 Å². The molecule has 0 aromatic rings. The molecule has 0 spiro atoms. The lowest BCUT2D eigenvalue weighted by Gasteiger charge is -2.30. The summed E-state index contributed by atoms with van der Waals surface area (Å²) in [4.78, 5) is 0. The molecule has 2 rings (SSSR count). The van der Waals surface area contributed by atoms with E-state index >= 15 is 0 Å². The largest absolute Gasteiger partial charge is 0.374 e. The summed E-state index contributed by atoms with van der Waals surface area (Å²) in [6.45, 7) is 3.32. The molecule has 2 aliphatic carbocycles. The van der Waals surface area contributed by atoms with Crippen LogP contribution in [0.1, 0.15) is 51.9 Å². The van der Waals surface area contributed by atoms with E-state index in [2.05, 4.69) is 12.2 Å². The Balaban J connectivity index is 1.62. The first-order chi connectivity index (χ1) is 6.88. The molecule has 14 heavy (non-hydrogen) atoms. The Kier molecular flexibility index (Phi) is 3.82. The zero-order chi connectivity index (χ0) is 9.80. The molecule has 1 unspecified atom stereocenters. The van der Waals surface area contributed by atoms with Crippen molar-refractivity contribution in [2.75, 3.05) is 6.54 Å². The molecule has 0 amide bonds. The first kappa shape index (κ1) is 10.4. The van der Waals surface area contributed by atoms with Crippen molar-refractivity contribution in [3.05, 3.63) is 0 Å². The molecule has 0 aromatic heterocycles. The Morgan fingerprint density at radius 1 is 1.29 bits per heavy atom. The summed E-state index contributed by atoms with van der Waals surface area (Å²) in [5, 5.41) is 3.57. The molecule has 0 aromatic carbocycles. The van der Waals surface area contributed by atoms with Crippen LogP contribution in [0.15, 0.2) is 0 Å². The molecule has 0 aliphatic heterocycles. The van der Waals surface area contributed by atoms with Crippen molar-refractivity contribution >= 4 is 0 Å². The summed E-state index contributed by atoms with van der Waals surface area (Å²) in [6.07, 6.45) is 10.2. The minimum absolute atomic E-state index is 0.478. The van der Waals surface area contributed by atoms with Crippen LogP contribution in [-0.2, 0) is 4.74 Å². The molecule has 2 fully saturated rings. The fraction of sp³-hybridized carbons (Fsp3) is 1.00. The second kappa shape index (κ2) is 5.13. The van der Waals surface area contributed by atoms with Crippen molar-refractivity contribution in [3.8, 4) is 0 Å². The molecule has 1 N–H and O–H groups in total. The Hall–Kier alpha value is -0.0800. The van der Waals surface area contributed by atoms with Gasteiger partial charge in [0.25, 0.3) is 0 Å². The maximum Gasteiger partial charge on any atom is 0.0703 e. The van der Waals surface area contributed by atoms with Gasteiger partial charge in [-0.3, -0.25) is 0 Å². The summed E-state index contributed by atoms with van der Waals surface area (Å²) in [5.41, 5.74) is 0. The van der Waals surface area contributed by atoms with Gasteiger partial charge >= 0.3 is 0 Å². The van der Waals surface area contributed by atoms with Crippen LogP contribution in [0.4, 0.5) is 0 Å². The SMILES string of the molecule is CCCC(CNC1CC1)OC1CCC1. The van der Waals surface area contributed by atoms with Gasteiger partial charge < -0.3 is 10.1 Å². The molecule has 2 saturated carbocycles. The summed E-state index contributed by atoms with van der Waals surface area (Å²) in [7, 11) is 0. The van der Waals surface area contributed by atoms with Gasteiger partial charge in [-0.05, 0) is 38.5 Å². The number of ether oxygens (including phenoxy) is 1. The van der Waals surface area contributed by atoms with Gasteiger partial charge in [0.15, 0.2) is 0 Å². The zero-order valence-electron chi connectivity index (χ0n) is 9.30. The van der Waals surface area contributed by atoms with Gasteiger partial charge in [-0.1, -0.05) is 13.3 Å². The Bertz CT molecular complexity index is 164. The molecule has 2 nitrogen and oxygen atoms in total. The van der Waals surface area contributed by atoms with Crippen LogP contribution >= 0.6 is 0 Å². The normalized spacial score (nSPS) is 24.6. The van der Waals surface area contributed by atoms with Gasteiger partial charge in [-0.15, -0.1) is 0 Å². The van der Waals surface area contributed by atoms with Crippen LogP contribution < -0.4 is 5.32 Å². The minimum Gasteiger partial charge on any atom is -0.374 e. The third-order valence-electron chi connectivity index (χ3n) is 3.26. The van der Waals surface area contributed by atoms with Gasteiger partial charge in [0.1, 0.15) is 0 Å². The third kappa shape index (κ3) is 3.25. The van der Waals surface area contributed by atoms with Crippen LogP contribution in [0.5, 0.6) is 0 Å². The molecule has 2 aliphatic rings. The van der Waals surface area contributed by atoms with Crippen molar-refractivity contribution in [1.82, 2.24) is 5.32 Å². The Labute approximate surface area is 87.4 Å². The van der Waals surface area contributed by atoms with E-state index in [9.17, 15) is 0 Å². The number of nitrogens with one attached hydrogen (secondary N) is 1. The van der Waals surface area contributed by atoms with Crippen molar-refractivity contribution < 1.29 is 4.74 Å². The lowest BCUT2D eigenvalue weighted by Crippen LogP contribution is -2.35. The smallest absolute Gasteiger partial charge is 0.0703 e. The molecular weight excluding hydrogens is 174 g/mol. The molecule has 0 bridgehead atoms. The monoisotopic (exact) mass is 197 g/mol. The molecule has 2 heteroatoms. The Morgan fingerprint density at radius 2 is 2.07 bits per heavy atom. The lowest BCUT2D eigenvalue weighted by molar-refractivity contribution is -0.0534. The second-order valence-electron chi connectivity index (χ2n) is 4.78. The predicted molar refractivity (Wildman–Crippen MR) is 58.4 cm³/mol. The van der Waals surface area contributed by atoms with E-state index in [4.69, 9.17) is 4.74 Å². The highest BCUT2D eigenvalue weighted by Crippen LogP contribution is 2.25. The quantitative estimate of drug-likeness (QED) is 0.677. The van der Waals surface area contributed by atoms with Crippen LogP contribution in [0.3, 0.4) is 0 Å². The highest BCUT2D eigenvalue weighted by Gasteiger charge is 2.25. The highest BCUT2D eigenvalue weighted by atomic mass is 16.5. The average molecular weight is 197 g/mol. The van der Waals surface area contributed by atoms with E-state index in [1.807, 2.05) is 0 Å². The van der Waals surface area contributed by atoms with Crippen molar-refractivity contribution in [3.63, 3.8) is 0 Å². The van der Waals surface area contributed by atoms with Crippen molar-refractivity contribution in [2.45, 2.75) is 70.1 Å². The second-order valence-corrected chi connectivity index (χ2v) is 4.78. The van der Waals surface area contributed by atoms with Crippen LogP contribution in [0.25, 0.3) is 0 Å². The van der Waals surface area contributed by atoms with Gasteiger partial charge in [0.05, 0.1) is 12.2 Å². The Morgan fingerprint density at radius 3 is 2.57 bits per heavy atom. The first-order valence-corrected chi connectivity index (χ1v) is 6.27. The topological polar surface area (TPSA) is 21.3 Å². The number of rotatable bonds is 7. The van der Waals surface area contributed by atoms with Gasteiger partial charge in [0.2, 0.25) is 0 Å². The zero-order valence-corrected chi connectivity index (χ0v) is 9.30. The van der Waals surface area contributed by atoms with Crippen LogP contribution in [-0.4, -0.2) is 24.8 Å². The lowest BCUT2D eigenvalue weighted by atomic mass is 9.96. The number of hydrogen-bond donors (Lipinski definition) is 1. The maximum absolute atomic E-state index is 6.04. The average Bonchev–Trinajstić information content (AvgIpc) is 2.90. The predicted octanol–water partition coefficient (Wildman–Crippen LogP) is 2.48. The summed E-state index contributed by atoms with van der Waals surface area (Å²) in [5.74, 6) is 0. The first-order valence-electron chi connectivity index (χ1n) is 6.27. The van der Waals surface area contributed by atoms with E-state index in [-0.39, 0.29) is 0 Å². The van der Waals surface area contributed by atoms with Gasteiger partial charge in [-0.2, -0.15) is 0 Å². The van der Waals surface area contributed by atoms with E-state index in [1.165, 1.54) is 44.9 Å². The van der Waals surface area contributed by atoms with E-state index in [0.717, 1.165) is 12.6 Å². The molecule has 0 saturated heterocycles. The van der Waals surface area contributed by atoms with E-state index < -0.39 is 0 Å². The maximum atomic E-state index is 6.04. The minimum atomic E-state index is 0.478. The summed E-state index contributed by atoms with van der Waals surface area (Å²) < 4.78 is 6.04. The third-order valence-corrected chi connectivity index (χ3v) is 3.26. The number of hydrogen-bond acceptors (Lipinski definition) is 2. The van der Waals surface area contributed by atoms with E-state index in [1.54, 1.807) is 0 Å². The fourth-order valence-electron chi connectivity index (χ4n) is 1.90. The summed E-state index contributed by atoms with van der Waals surface area (Å²) in [6, 6.07) is 0.819. The molecular formula is C12H23NO. The molecule has 0 heterocycles. The van der Waals surface area contributed by atoms with Gasteiger partial charge in [0, 0.05) is 12.6 Å². The molecule has 0 radical (unpaired) electrons. The van der Waals surface area contributed by atoms with Crippen LogP contribution in [0, 0.1) is 0 Å². The summed E-state index contributed by atoms with van der Waals surface area (Å²) >= 11 is 0. The van der Waals surface area contributed by atoms with Crippen molar-refractivity contribution in [1.29, 1.82) is 0 Å². The highest BCUT2D eigenvalue weighted by molar-refractivity contribution is 4.82.